The Balaban J connectivity index is 1.31. The van der Waals surface area contributed by atoms with Gasteiger partial charge >= 0.3 is 0 Å². The fraction of sp³-hybridized carbons (Fsp3) is 0.185. The number of thioether (sulfide) groups is 1. The number of nitrogens with zero attached hydrogens (tertiary/aromatic N) is 1. The molecule has 0 unspecified atom stereocenters. The molecular formula is C27H22ClNO6S. The molecule has 0 radical (unpaired) electrons. The number of carbonyl (C=O) groups is 2. The van der Waals surface area contributed by atoms with Gasteiger partial charge in [-0.05, 0) is 59.7 Å². The van der Waals surface area contributed by atoms with Crippen molar-refractivity contribution in [1.82, 2.24) is 4.90 Å². The van der Waals surface area contributed by atoms with Gasteiger partial charge in [-0.1, -0.05) is 47.5 Å². The summed E-state index contributed by atoms with van der Waals surface area (Å²) < 4.78 is 22.1. The van der Waals surface area contributed by atoms with Gasteiger partial charge in [0.1, 0.15) is 6.61 Å². The Labute approximate surface area is 217 Å². The van der Waals surface area contributed by atoms with E-state index in [2.05, 4.69) is 6.07 Å². The van der Waals surface area contributed by atoms with Crippen molar-refractivity contribution in [3.05, 3.63) is 86.8 Å². The minimum atomic E-state index is -0.391. The predicted molar refractivity (Wildman–Crippen MR) is 138 cm³/mol. The molecule has 2 aliphatic rings. The SMILES string of the molecule is COc1cc(/C=C2\SC(=O)N(Cc3cc4c(cc3Cl)OCO4)C2=O)ccc1OCc1cccc(C)c1. The number of halogens is 1. The second kappa shape index (κ2) is 10.2. The number of benzene rings is 3. The molecule has 0 aromatic heterocycles. The van der Waals surface area contributed by atoms with Crippen molar-refractivity contribution in [2.75, 3.05) is 13.9 Å². The average Bonchev–Trinajstić information content (AvgIpc) is 3.42. The zero-order valence-electron chi connectivity index (χ0n) is 19.6. The summed E-state index contributed by atoms with van der Waals surface area (Å²) in [5, 5.41) is 0.0262. The number of hydrogen-bond acceptors (Lipinski definition) is 7. The number of methoxy groups -OCH3 is 1. The highest BCUT2D eigenvalue weighted by Gasteiger charge is 2.35. The number of fused-ring (bicyclic) bond motifs is 1. The Morgan fingerprint density at radius 2 is 1.86 bits per heavy atom. The fourth-order valence-corrected chi connectivity index (χ4v) is 4.95. The molecule has 5 rings (SSSR count). The molecule has 0 atom stereocenters. The van der Waals surface area contributed by atoms with Gasteiger partial charge in [0.05, 0.1) is 18.6 Å². The minimum Gasteiger partial charge on any atom is -0.493 e. The van der Waals surface area contributed by atoms with E-state index in [4.69, 9.17) is 30.5 Å². The number of imide groups is 1. The Hall–Kier alpha value is -3.62. The van der Waals surface area contributed by atoms with E-state index in [1.165, 1.54) is 0 Å². The molecule has 0 saturated carbocycles. The quantitative estimate of drug-likeness (QED) is 0.341. The van der Waals surface area contributed by atoms with Crippen LogP contribution < -0.4 is 18.9 Å². The number of aryl methyl sites for hydroxylation is 1. The number of rotatable bonds is 7. The molecule has 9 heteroatoms. The number of carbonyl (C=O) groups excluding carboxylic acids is 2. The van der Waals surface area contributed by atoms with Gasteiger partial charge < -0.3 is 18.9 Å². The van der Waals surface area contributed by atoms with E-state index < -0.39 is 5.91 Å². The Morgan fingerprint density at radius 1 is 1.06 bits per heavy atom. The number of amides is 2. The van der Waals surface area contributed by atoms with Crippen LogP contribution >= 0.6 is 23.4 Å². The molecule has 36 heavy (non-hydrogen) atoms. The molecule has 1 fully saturated rings. The first kappa shape index (κ1) is 24.1. The van der Waals surface area contributed by atoms with Crippen LogP contribution in [0.4, 0.5) is 4.79 Å². The summed E-state index contributed by atoms with van der Waals surface area (Å²) in [6.45, 7) is 2.58. The van der Waals surface area contributed by atoms with E-state index in [1.807, 2.05) is 31.2 Å². The van der Waals surface area contributed by atoms with Crippen molar-refractivity contribution in [3.63, 3.8) is 0 Å². The molecule has 184 valence electrons. The van der Waals surface area contributed by atoms with Gasteiger partial charge in [-0.25, -0.2) is 0 Å². The van der Waals surface area contributed by atoms with Crippen LogP contribution in [-0.2, 0) is 17.9 Å². The lowest BCUT2D eigenvalue weighted by molar-refractivity contribution is -0.123. The first-order valence-corrected chi connectivity index (χ1v) is 12.3. The maximum absolute atomic E-state index is 13.0. The van der Waals surface area contributed by atoms with E-state index in [1.54, 1.807) is 37.5 Å². The third kappa shape index (κ3) is 5.01. The lowest BCUT2D eigenvalue weighted by Gasteiger charge is -2.14. The van der Waals surface area contributed by atoms with Gasteiger partial charge in [0.25, 0.3) is 11.1 Å². The van der Waals surface area contributed by atoms with Gasteiger partial charge in [-0.2, -0.15) is 0 Å². The molecule has 2 aliphatic heterocycles. The monoisotopic (exact) mass is 523 g/mol. The summed E-state index contributed by atoms with van der Waals surface area (Å²) in [5.41, 5.74) is 3.52. The van der Waals surface area contributed by atoms with Crippen molar-refractivity contribution in [3.8, 4) is 23.0 Å². The summed E-state index contributed by atoms with van der Waals surface area (Å²) in [6, 6.07) is 16.8. The second-order valence-electron chi connectivity index (χ2n) is 8.25. The highest BCUT2D eigenvalue weighted by molar-refractivity contribution is 8.18. The first-order chi connectivity index (χ1) is 17.4. The highest BCUT2D eigenvalue weighted by Crippen LogP contribution is 2.40. The van der Waals surface area contributed by atoms with Gasteiger partial charge in [0.2, 0.25) is 6.79 Å². The fourth-order valence-electron chi connectivity index (χ4n) is 3.89. The van der Waals surface area contributed by atoms with Crippen LogP contribution in [0.3, 0.4) is 0 Å². The summed E-state index contributed by atoms with van der Waals surface area (Å²) in [4.78, 5) is 27.2. The van der Waals surface area contributed by atoms with Gasteiger partial charge in [0.15, 0.2) is 23.0 Å². The van der Waals surface area contributed by atoms with Crippen LogP contribution in [0.5, 0.6) is 23.0 Å². The van der Waals surface area contributed by atoms with Crippen LogP contribution in [0.15, 0.2) is 59.5 Å². The normalized spacial score (nSPS) is 15.6. The van der Waals surface area contributed by atoms with Crippen molar-refractivity contribution in [2.24, 2.45) is 0 Å². The molecule has 2 amide bonds. The first-order valence-electron chi connectivity index (χ1n) is 11.1. The summed E-state index contributed by atoms with van der Waals surface area (Å²) >= 11 is 7.22. The zero-order chi connectivity index (χ0) is 25.2. The third-order valence-corrected chi connectivity index (χ3v) is 6.97. The van der Waals surface area contributed by atoms with Crippen molar-refractivity contribution >= 4 is 40.6 Å². The maximum atomic E-state index is 13.0. The molecule has 0 bridgehead atoms. The van der Waals surface area contributed by atoms with Crippen LogP contribution in [0.1, 0.15) is 22.3 Å². The molecule has 0 spiro atoms. The lowest BCUT2D eigenvalue weighted by atomic mass is 10.1. The second-order valence-corrected chi connectivity index (χ2v) is 9.65. The topological polar surface area (TPSA) is 74.3 Å². The van der Waals surface area contributed by atoms with Crippen molar-refractivity contribution in [2.45, 2.75) is 20.1 Å². The van der Waals surface area contributed by atoms with E-state index in [0.717, 1.165) is 27.8 Å². The van der Waals surface area contributed by atoms with Gasteiger partial charge in [-0.3, -0.25) is 14.5 Å². The van der Waals surface area contributed by atoms with Crippen molar-refractivity contribution < 1.29 is 28.5 Å². The molecule has 3 aromatic rings. The summed E-state index contributed by atoms with van der Waals surface area (Å²) in [5.74, 6) is 1.80. The Bertz CT molecular complexity index is 1390. The van der Waals surface area contributed by atoms with Crippen LogP contribution in [0, 0.1) is 6.92 Å². The van der Waals surface area contributed by atoms with Gasteiger partial charge in [-0.15, -0.1) is 0 Å². The molecule has 0 N–H and O–H groups in total. The summed E-state index contributed by atoms with van der Waals surface area (Å²) in [7, 11) is 1.56. The lowest BCUT2D eigenvalue weighted by Crippen LogP contribution is -2.27. The zero-order valence-corrected chi connectivity index (χ0v) is 21.2. The van der Waals surface area contributed by atoms with Gasteiger partial charge in [0, 0.05) is 11.1 Å². The van der Waals surface area contributed by atoms with E-state index >= 15 is 0 Å². The minimum absolute atomic E-state index is 0.0343. The average molecular weight is 524 g/mol. The van der Waals surface area contributed by atoms with Crippen LogP contribution in [0.2, 0.25) is 5.02 Å². The smallest absolute Gasteiger partial charge is 0.293 e. The number of hydrogen-bond donors (Lipinski definition) is 0. The molecule has 3 aromatic carbocycles. The van der Waals surface area contributed by atoms with Crippen LogP contribution in [-0.4, -0.2) is 29.9 Å². The standard InChI is InChI=1S/C27H22ClNO6S/c1-16-4-3-5-18(8-16)14-33-21-7-6-17(9-22(21)32-2)10-25-26(30)29(27(31)36-25)13-19-11-23-24(12-20(19)28)35-15-34-23/h3-12H,13-15H2,1-2H3/b25-10-. The predicted octanol–water partition coefficient (Wildman–Crippen LogP) is 6.20. The van der Waals surface area contributed by atoms with E-state index in [9.17, 15) is 9.59 Å². The third-order valence-electron chi connectivity index (χ3n) is 5.71. The Morgan fingerprint density at radius 3 is 2.64 bits per heavy atom. The van der Waals surface area contributed by atoms with E-state index in [0.29, 0.717) is 50.7 Å². The summed E-state index contributed by atoms with van der Waals surface area (Å²) in [6.07, 6.45) is 1.67. The molecule has 1 saturated heterocycles. The van der Waals surface area contributed by atoms with Crippen molar-refractivity contribution in [1.29, 1.82) is 0 Å². The molecule has 2 heterocycles. The maximum Gasteiger partial charge on any atom is 0.293 e. The molecular weight excluding hydrogens is 502 g/mol. The largest absolute Gasteiger partial charge is 0.493 e. The number of ether oxygens (including phenoxy) is 4. The Kier molecular flexibility index (Phi) is 6.80. The highest BCUT2D eigenvalue weighted by atomic mass is 35.5. The van der Waals surface area contributed by atoms with Crippen LogP contribution in [0.25, 0.3) is 6.08 Å². The molecule has 0 aliphatic carbocycles. The molecule has 7 nitrogen and oxygen atoms in total. The van der Waals surface area contributed by atoms with E-state index in [-0.39, 0.29) is 18.6 Å².